The van der Waals surface area contributed by atoms with E-state index in [4.69, 9.17) is 23.2 Å². The minimum Gasteiger partial charge on any atom is -0.324 e. The molecule has 28 heavy (non-hydrogen) atoms. The van der Waals surface area contributed by atoms with Gasteiger partial charge in [-0.2, -0.15) is 4.31 Å². The second-order valence-corrected chi connectivity index (χ2v) is 9.87. The van der Waals surface area contributed by atoms with Gasteiger partial charge in [0.15, 0.2) is 0 Å². The first-order chi connectivity index (χ1) is 13.2. The Labute approximate surface area is 175 Å². The molecule has 0 radical (unpaired) electrons. The van der Waals surface area contributed by atoms with Crippen molar-refractivity contribution >= 4 is 44.8 Å². The number of amides is 1. The number of anilines is 1. The number of hydrogen-bond acceptors (Lipinski definition) is 3. The lowest BCUT2D eigenvalue weighted by Gasteiger charge is -2.31. The van der Waals surface area contributed by atoms with Gasteiger partial charge in [0.1, 0.15) is 0 Å². The highest BCUT2D eigenvalue weighted by molar-refractivity contribution is 7.89. The molecule has 0 bridgehead atoms. The first-order valence-electron chi connectivity index (χ1n) is 9.02. The van der Waals surface area contributed by atoms with E-state index in [9.17, 15) is 13.2 Å². The van der Waals surface area contributed by atoms with Gasteiger partial charge in [0.05, 0.1) is 21.5 Å². The van der Waals surface area contributed by atoms with Crippen LogP contribution in [0, 0.1) is 19.8 Å². The number of benzene rings is 2. The van der Waals surface area contributed by atoms with Crippen LogP contribution < -0.4 is 5.32 Å². The third-order valence-electron chi connectivity index (χ3n) is 4.89. The highest BCUT2D eigenvalue weighted by atomic mass is 35.5. The van der Waals surface area contributed by atoms with Crippen molar-refractivity contribution in [1.29, 1.82) is 0 Å². The number of rotatable bonds is 4. The van der Waals surface area contributed by atoms with E-state index < -0.39 is 15.9 Å². The molecule has 1 fully saturated rings. The molecular formula is C20H22Cl2N2O3S. The highest BCUT2D eigenvalue weighted by Gasteiger charge is 2.33. The van der Waals surface area contributed by atoms with Crippen molar-refractivity contribution in [1.82, 2.24) is 4.31 Å². The summed E-state index contributed by atoms with van der Waals surface area (Å²) in [6, 6.07) is 9.80. The molecule has 0 aliphatic carbocycles. The second-order valence-electron chi connectivity index (χ2n) is 7.08. The van der Waals surface area contributed by atoms with Crippen LogP contribution in [0.4, 0.5) is 5.69 Å². The third-order valence-corrected chi connectivity index (χ3v) is 7.32. The minimum absolute atomic E-state index is 0.138. The number of piperidine rings is 1. The van der Waals surface area contributed by atoms with Crippen molar-refractivity contribution in [3.8, 4) is 0 Å². The molecule has 1 saturated heterocycles. The van der Waals surface area contributed by atoms with Gasteiger partial charge in [-0.1, -0.05) is 29.3 Å². The van der Waals surface area contributed by atoms with Gasteiger partial charge in [-0.3, -0.25) is 4.79 Å². The SMILES string of the molecule is Cc1cc(C)c(NC(=O)[C@H]2CCCN(S(=O)(=O)c3ccc(Cl)cc3)C2)c(Cl)c1. The molecule has 0 spiro atoms. The summed E-state index contributed by atoms with van der Waals surface area (Å²) in [4.78, 5) is 13.0. The zero-order valence-corrected chi connectivity index (χ0v) is 18.0. The first-order valence-corrected chi connectivity index (χ1v) is 11.2. The van der Waals surface area contributed by atoms with Crippen LogP contribution in [0.1, 0.15) is 24.0 Å². The lowest BCUT2D eigenvalue weighted by molar-refractivity contribution is -0.120. The van der Waals surface area contributed by atoms with Crippen LogP contribution in [0.15, 0.2) is 41.3 Å². The summed E-state index contributed by atoms with van der Waals surface area (Å²) < 4.78 is 27.2. The zero-order chi connectivity index (χ0) is 20.5. The number of carbonyl (C=O) groups is 1. The summed E-state index contributed by atoms with van der Waals surface area (Å²) in [7, 11) is -3.67. The smallest absolute Gasteiger partial charge is 0.243 e. The third kappa shape index (κ3) is 4.51. The Morgan fingerprint density at radius 1 is 1.14 bits per heavy atom. The Morgan fingerprint density at radius 3 is 2.46 bits per heavy atom. The van der Waals surface area contributed by atoms with E-state index in [0.717, 1.165) is 11.1 Å². The molecule has 0 aromatic heterocycles. The first kappa shape index (κ1) is 21.1. The van der Waals surface area contributed by atoms with E-state index in [1.54, 1.807) is 18.2 Å². The van der Waals surface area contributed by atoms with Crippen LogP contribution in [0.3, 0.4) is 0 Å². The molecule has 1 N–H and O–H groups in total. The lowest BCUT2D eigenvalue weighted by atomic mass is 9.98. The number of halogens is 2. The number of aryl methyl sites for hydroxylation is 2. The largest absolute Gasteiger partial charge is 0.324 e. The number of hydrogen-bond donors (Lipinski definition) is 1. The van der Waals surface area contributed by atoms with Crippen molar-refractivity contribution in [3.63, 3.8) is 0 Å². The zero-order valence-electron chi connectivity index (χ0n) is 15.7. The van der Waals surface area contributed by atoms with E-state index in [1.807, 2.05) is 19.9 Å². The van der Waals surface area contributed by atoms with Gasteiger partial charge in [0, 0.05) is 18.1 Å². The summed E-state index contributed by atoms with van der Waals surface area (Å²) in [5, 5.41) is 3.84. The summed E-state index contributed by atoms with van der Waals surface area (Å²) in [5.41, 5.74) is 2.47. The van der Waals surface area contributed by atoms with Crippen molar-refractivity contribution in [2.24, 2.45) is 5.92 Å². The van der Waals surface area contributed by atoms with Crippen molar-refractivity contribution in [2.45, 2.75) is 31.6 Å². The van der Waals surface area contributed by atoms with E-state index >= 15 is 0 Å². The second kappa shape index (κ2) is 8.41. The van der Waals surface area contributed by atoms with Crippen molar-refractivity contribution in [3.05, 3.63) is 57.6 Å². The van der Waals surface area contributed by atoms with Crippen LogP contribution in [0.2, 0.25) is 10.0 Å². The molecule has 5 nitrogen and oxygen atoms in total. The van der Waals surface area contributed by atoms with Gasteiger partial charge in [0.25, 0.3) is 0 Å². The Hall–Kier alpha value is -1.60. The molecule has 0 unspecified atom stereocenters. The maximum Gasteiger partial charge on any atom is 0.243 e. The Bertz CT molecular complexity index is 968. The lowest BCUT2D eigenvalue weighted by Crippen LogP contribution is -2.43. The maximum absolute atomic E-state index is 12.9. The van der Waals surface area contributed by atoms with Crippen LogP contribution in [-0.2, 0) is 14.8 Å². The molecular weight excluding hydrogens is 419 g/mol. The number of nitrogens with zero attached hydrogens (tertiary/aromatic N) is 1. The van der Waals surface area contributed by atoms with Gasteiger partial charge < -0.3 is 5.32 Å². The van der Waals surface area contributed by atoms with E-state index in [2.05, 4.69) is 5.32 Å². The topological polar surface area (TPSA) is 66.5 Å². The van der Waals surface area contributed by atoms with E-state index in [-0.39, 0.29) is 17.3 Å². The molecule has 1 aliphatic rings. The summed E-state index contributed by atoms with van der Waals surface area (Å²) >= 11 is 12.1. The van der Waals surface area contributed by atoms with Gasteiger partial charge >= 0.3 is 0 Å². The highest BCUT2D eigenvalue weighted by Crippen LogP contribution is 2.30. The molecule has 1 amide bonds. The fourth-order valence-corrected chi connectivity index (χ4v) is 5.45. The molecule has 1 heterocycles. The van der Waals surface area contributed by atoms with Crippen LogP contribution in [0.25, 0.3) is 0 Å². The monoisotopic (exact) mass is 440 g/mol. The minimum atomic E-state index is -3.67. The van der Waals surface area contributed by atoms with Gasteiger partial charge in [-0.15, -0.1) is 0 Å². The van der Waals surface area contributed by atoms with Crippen LogP contribution >= 0.6 is 23.2 Å². The fraction of sp³-hybridized carbons (Fsp3) is 0.350. The number of nitrogens with one attached hydrogen (secondary N) is 1. The Morgan fingerprint density at radius 2 is 1.82 bits per heavy atom. The van der Waals surface area contributed by atoms with Crippen molar-refractivity contribution in [2.75, 3.05) is 18.4 Å². The Balaban J connectivity index is 1.76. The molecule has 8 heteroatoms. The predicted molar refractivity (Wildman–Crippen MR) is 112 cm³/mol. The number of carbonyl (C=O) groups excluding carboxylic acids is 1. The van der Waals surface area contributed by atoms with Crippen molar-refractivity contribution < 1.29 is 13.2 Å². The maximum atomic E-state index is 12.9. The van der Waals surface area contributed by atoms with Gasteiger partial charge in [-0.05, 0) is 68.1 Å². The number of sulfonamides is 1. The molecule has 1 aliphatic heterocycles. The fourth-order valence-electron chi connectivity index (χ4n) is 3.43. The normalized spacial score (nSPS) is 18.1. The molecule has 1 atom stereocenters. The molecule has 3 rings (SSSR count). The van der Waals surface area contributed by atoms with E-state index in [1.165, 1.54) is 16.4 Å². The van der Waals surface area contributed by atoms with E-state index in [0.29, 0.717) is 35.1 Å². The molecule has 2 aromatic rings. The molecule has 150 valence electrons. The van der Waals surface area contributed by atoms with Gasteiger partial charge in [-0.25, -0.2) is 8.42 Å². The van der Waals surface area contributed by atoms with Crippen LogP contribution in [-0.4, -0.2) is 31.7 Å². The standard InChI is InChI=1S/C20H22Cl2N2O3S/c1-13-10-14(2)19(18(22)11-13)23-20(25)15-4-3-9-24(12-15)28(26,27)17-7-5-16(21)6-8-17/h5-8,10-11,15H,3-4,9,12H2,1-2H3,(H,23,25)/t15-/m0/s1. The van der Waals surface area contributed by atoms with Gasteiger partial charge in [0.2, 0.25) is 15.9 Å². The quantitative estimate of drug-likeness (QED) is 0.751. The summed E-state index contributed by atoms with van der Waals surface area (Å²) in [6.45, 7) is 4.34. The molecule has 2 aromatic carbocycles. The summed E-state index contributed by atoms with van der Waals surface area (Å²) in [5.74, 6) is -0.655. The Kier molecular flexibility index (Phi) is 6.34. The molecule has 0 saturated carbocycles. The van der Waals surface area contributed by atoms with Crippen LogP contribution in [0.5, 0.6) is 0 Å². The average molecular weight is 441 g/mol. The average Bonchev–Trinajstić information content (AvgIpc) is 2.65. The predicted octanol–water partition coefficient (Wildman–Crippen LogP) is 4.65. The summed E-state index contributed by atoms with van der Waals surface area (Å²) in [6.07, 6.45) is 1.24.